The quantitative estimate of drug-likeness (QED) is 0.789. The number of nitrogens with zero attached hydrogens (tertiary/aromatic N) is 2. The Labute approximate surface area is 123 Å². The summed E-state index contributed by atoms with van der Waals surface area (Å²) in [6.45, 7) is 0.710. The van der Waals surface area contributed by atoms with Crippen molar-refractivity contribution in [2.45, 2.75) is 6.54 Å². The third-order valence-corrected chi connectivity index (χ3v) is 3.93. The van der Waals surface area contributed by atoms with E-state index >= 15 is 0 Å². The standard InChI is InChI=1S/C13H12BrN3OS/c1-15-8-11-12(16-13-17(11)5-6-19-13)18-10-4-2-3-9(14)7-10/h2-7,15H,8H2,1H3. The predicted octanol–water partition coefficient (Wildman–Crippen LogP) is 3.67. The minimum Gasteiger partial charge on any atom is -0.437 e. The van der Waals surface area contributed by atoms with Gasteiger partial charge in [0, 0.05) is 22.6 Å². The van der Waals surface area contributed by atoms with E-state index in [9.17, 15) is 0 Å². The van der Waals surface area contributed by atoms with Crippen LogP contribution in [0.4, 0.5) is 0 Å². The zero-order valence-corrected chi connectivity index (χ0v) is 12.7. The van der Waals surface area contributed by atoms with Crippen molar-refractivity contribution in [3.05, 3.63) is 46.0 Å². The van der Waals surface area contributed by atoms with Gasteiger partial charge in [0.25, 0.3) is 0 Å². The molecule has 0 aliphatic heterocycles. The molecule has 2 aromatic heterocycles. The lowest BCUT2D eigenvalue weighted by Gasteiger charge is -2.06. The molecule has 6 heteroatoms. The zero-order chi connectivity index (χ0) is 13.2. The molecular formula is C13H12BrN3OS. The lowest BCUT2D eigenvalue weighted by molar-refractivity contribution is 0.457. The van der Waals surface area contributed by atoms with Crippen LogP contribution < -0.4 is 10.1 Å². The lowest BCUT2D eigenvalue weighted by atomic mass is 10.3. The van der Waals surface area contributed by atoms with Gasteiger partial charge in [-0.15, -0.1) is 11.3 Å². The summed E-state index contributed by atoms with van der Waals surface area (Å²) in [4.78, 5) is 5.46. The van der Waals surface area contributed by atoms with Gasteiger partial charge in [-0.1, -0.05) is 22.0 Å². The molecule has 1 N–H and O–H groups in total. The average molecular weight is 338 g/mol. The summed E-state index contributed by atoms with van der Waals surface area (Å²) < 4.78 is 8.93. The smallest absolute Gasteiger partial charge is 0.243 e. The summed E-state index contributed by atoms with van der Waals surface area (Å²) in [6, 6.07) is 7.75. The van der Waals surface area contributed by atoms with E-state index in [-0.39, 0.29) is 0 Å². The summed E-state index contributed by atoms with van der Waals surface area (Å²) in [5.74, 6) is 1.43. The minimum atomic E-state index is 0.652. The molecule has 0 unspecified atom stereocenters. The molecular weight excluding hydrogens is 326 g/mol. The number of imidazole rings is 1. The number of aromatic nitrogens is 2. The second kappa shape index (κ2) is 5.32. The Morgan fingerprint density at radius 1 is 1.47 bits per heavy atom. The van der Waals surface area contributed by atoms with Gasteiger partial charge in [-0.25, -0.2) is 0 Å². The highest BCUT2D eigenvalue weighted by atomic mass is 79.9. The van der Waals surface area contributed by atoms with Gasteiger partial charge in [0.2, 0.25) is 5.88 Å². The molecule has 0 fully saturated rings. The van der Waals surface area contributed by atoms with Crippen LogP contribution in [0.3, 0.4) is 0 Å². The molecule has 0 radical (unpaired) electrons. The maximum absolute atomic E-state index is 5.89. The number of rotatable bonds is 4. The molecule has 0 aliphatic rings. The Morgan fingerprint density at radius 3 is 3.16 bits per heavy atom. The van der Waals surface area contributed by atoms with Crippen LogP contribution in [-0.2, 0) is 6.54 Å². The van der Waals surface area contributed by atoms with Crippen LogP contribution in [0.15, 0.2) is 40.3 Å². The van der Waals surface area contributed by atoms with Gasteiger partial charge < -0.3 is 10.1 Å². The van der Waals surface area contributed by atoms with E-state index in [1.54, 1.807) is 11.3 Å². The molecule has 0 saturated heterocycles. The van der Waals surface area contributed by atoms with E-state index in [0.29, 0.717) is 12.4 Å². The normalized spacial score (nSPS) is 11.1. The molecule has 0 atom stereocenters. The molecule has 0 saturated carbocycles. The van der Waals surface area contributed by atoms with E-state index in [4.69, 9.17) is 4.74 Å². The number of nitrogens with one attached hydrogen (secondary N) is 1. The van der Waals surface area contributed by atoms with Crippen LogP contribution in [-0.4, -0.2) is 16.4 Å². The Hall–Kier alpha value is -1.37. The van der Waals surface area contributed by atoms with Crippen molar-refractivity contribution < 1.29 is 4.74 Å². The molecule has 4 nitrogen and oxygen atoms in total. The highest BCUT2D eigenvalue weighted by Crippen LogP contribution is 2.29. The summed E-state index contributed by atoms with van der Waals surface area (Å²) in [6.07, 6.45) is 2.01. The monoisotopic (exact) mass is 337 g/mol. The Kier molecular flexibility index (Phi) is 3.54. The Balaban J connectivity index is 1.99. The van der Waals surface area contributed by atoms with Crippen molar-refractivity contribution >= 4 is 32.2 Å². The van der Waals surface area contributed by atoms with Crippen molar-refractivity contribution in [3.8, 4) is 11.6 Å². The van der Waals surface area contributed by atoms with Crippen molar-refractivity contribution in [2.75, 3.05) is 7.05 Å². The number of fused-ring (bicyclic) bond motifs is 1. The first kappa shape index (κ1) is 12.7. The first-order valence-electron chi connectivity index (χ1n) is 5.80. The van der Waals surface area contributed by atoms with E-state index in [1.807, 2.05) is 42.9 Å². The van der Waals surface area contributed by atoms with Crippen molar-refractivity contribution in [2.24, 2.45) is 0 Å². The molecule has 3 rings (SSSR count). The van der Waals surface area contributed by atoms with Crippen LogP contribution in [0, 0.1) is 0 Å². The molecule has 3 aromatic rings. The third-order valence-electron chi connectivity index (χ3n) is 2.68. The number of benzene rings is 1. The van der Waals surface area contributed by atoms with Crippen LogP contribution in [0.25, 0.3) is 4.96 Å². The number of ether oxygens (including phenoxy) is 1. The average Bonchev–Trinajstić information content (AvgIpc) is 2.93. The summed E-state index contributed by atoms with van der Waals surface area (Å²) in [7, 11) is 1.91. The number of thiazole rings is 1. The first-order chi connectivity index (χ1) is 9.28. The first-order valence-corrected chi connectivity index (χ1v) is 7.47. The molecule has 0 amide bonds. The van der Waals surface area contributed by atoms with Gasteiger partial charge >= 0.3 is 0 Å². The second-order valence-electron chi connectivity index (χ2n) is 4.01. The van der Waals surface area contributed by atoms with Crippen LogP contribution in [0.1, 0.15) is 5.69 Å². The van der Waals surface area contributed by atoms with Crippen LogP contribution in [0.5, 0.6) is 11.6 Å². The number of halogens is 1. The van der Waals surface area contributed by atoms with Gasteiger partial charge in [-0.2, -0.15) is 4.98 Å². The molecule has 0 bridgehead atoms. The lowest BCUT2D eigenvalue weighted by Crippen LogP contribution is -2.08. The van der Waals surface area contributed by atoms with Crippen LogP contribution >= 0.6 is 27.3 Å². The largest absolute Gasteiger partial charge is 0.437 e. The third kappa shape index (κ3) is 2.51. The molecule has 0 spiro atoms. The van der Waals surface area contributed by atoms with Gasteiger partial charge in [0.05, 0.1) is 0 Å². The Bertz CT molecular complexity index is 707. The zero-order valence-electron chi connectivity index (χ0n) is 10.3. The van der Waals surface area contributed by atoms with Crippen molar-refractivity contribution in [1.29, 1.82) is 0 Å². The van der Waals surface area contributed by atoms with E-state index in [0.717, 1.165) is 20.9 Å². The highest BCUT2D eigenvalue weighted by Gasteiger charge is 2.14. The summed E-state index contributed by atoms with van der Waals surface area (Å²) >= 11 is 5.03. The van der Waals surface area contributed by atoms with Gasteiger partial charge in [0.15, 0.2) is 4.96 Å². The second-order valence-corrected chi connectivity index (χ2v) is 5.80. The molecule has 98 valence electrons. The predicted molar refractivity (Wildman–Crippen MR) is 80.0 cm³/mol. The van der Waals surface area contributed by atoms with Crippen LogP contribution in [0.2, 0.25) is 0 Å². The number of hydrogen-bond acceptors (Lipinski definition) is 4. The maximum Gasteiger partial charge on any atom is 0.243 e. The van der Waals surface area contributed by atoms with Crippen molar-refractivity contribution in [1.82, 2.24) is 14.7 Å². The number of hydrogen-bond donors (Lipinski definition) is 1. The summed E-state index contributed by atoms with van der Waals surface area (Å²) in [5.41, 5.74) is 1.03. The highest BCUT2D eigenvalue weighted by molar-refractivity contribution is 9.10. The SMILES string of the molecule is CNCc1c(Oc2cccc(Br)c2)nc2sccn12. The Morgan fingerprint density at radius 2 is 2.37 bits per heavy atom. The van der Waals surface area contributed by atoms with E-state index in [2.05, 4.69) is 30.6 Å². The van der Waals surface area contributed by atoms with Gasteiger partial charge in [-0.3, -0.25) is 4.40 Å². The molecule has 0 aliphatic carbocycles. The topological polar surface area (TPSA) is 38.6 Å². The van der Waals surface area contributed by atoms with Gasteiger partial charge in [-0.05, 0) is 25.2 Å². The fourth-order valence-electron chi connectivity index (χ4n) is 1.86. The fourth-order valence-corrected chi connectivity index (χ4v) is 2.97. The van der Waals surface area contributed by atoms with Gasteiger partial charge in [0.1, 0.15) is 11.4 Å². The summed E-state index contributed by atoms with van der Waals surface area (Å²) in [5, 5.41) is 5.16. The minimum absolute atomic E-state index is 0.652. The van der Waals surface area contributed by atoms with E-state index < -0.39 is 0 Å². The molecule has 2 heterocycles. The molecule has 19 heavy (non-hydrogen) atoms. The van der Waals surface area contributed by atoms with Crippen molar-refractivity contribution in [3.63, 3.8) is 0 Å². The van der Waals surface area contributed by atoms with E-state index in [1.165, 1.54) is 0 Å². The molecule has 1 aromatic carbocycles. The fraction of sp³-hybridized carbons (Fsp3) is 0.154. The maximum atomic E-state index is 5.89.